The van der Waals surface area contributed by atoms with E-state index in [2.05, 4.69) is 46.5 Å². The number of carbonyl (C=O) groups is 2. The third kappa shape index (κ3) is 5.53. The van der Waals surface area contributed by atoms with Gasteiger partial charge in [-0.15, -0.1) is 23.7 Å². The monoisotopic (exact) mass is 493 g/mol. The second kappa shape index (κ2) is 10.3. The largest absolute Gasteiger partial charge is 0.465 e. The van der Waals surface area contributed by atoms with Crippen molar-refractivity contribution in [2.45, 2.75) is 45.7 Å². The Morgan fingerprint density at radius 2 is 1.94 bits per heavy atom. The van der Waals surface area contributed by atoms with Gasteiger partial charge in [0.25, 0.3) is 5.91 Å². The van der Waals surface area contributed by atoms with Crippen LogP contribution in [0.25, 0.3) is 16.2 Å². The molecule has 0 unspecified atom stereocenters. The van der Waals surface area contributed by atoms with Gasteiger partial charge in [0.2, 0.25) is 0 Å². The maximum absolute atomic E-state index is 13.3. The summed E-state index contributed by atoms with van der Waals surface area (Å²) >= 11 is 1.54. The van der Waals surface area contributed by atoms with E-state index in [9.17, 15) is 9.59 Å². The van der Waals surface area contributed by atoms with E-state index in [0.29, 0.717) is 49.2 Å². The molecule has 178 valence electrons. The molecule has 0 aromatic carbocycles. The van der Waals surface area contributed by atoms with Gasteiger partial charge in [-0.2, -0.15) is 5.10 Å². The average molecular weight is 494 g/mol. The minimum atomic E-state index is -1.04. The Labute approximate surface area is 201 Å². The number of nitrogens with zero attached hydrogens (tertiary/aromatic N) is 5. The molecule has 0 saturated carbocycles. The molecule has 1 aliphatic heterocycles. The normalized spacial score (nSPS) is 15.3. The highest BCUT2D eigenvalue weighted by Gasteiger charge is 2.26. The zero-order valence-electron chi connectivity index (χ0n) is 18.7. The molecule has 1 saturated heterocycles. The predicted octanol–water partition coefficient (Wildman–Crippen LogP) is 3.60. The minimum absolute atomic E-state index is 0. The van der Waals surface area contributed by atoms with Crippen LogP contribution in [0.1, 0.15) is 44.1 Å². The fraction of sp³-hybridized carbons (Fsp3) is 0.476. The van der Waals surface area contributed by atoms with E-state index in [-0.39, 0.29) is 30.4 Å². The van der Waals surface area contributed by atoms with E-state index >= 15 is 0 Å². The summed E-state index contributed by atoms with van der Waals surface area (Å²) in [4.78, 5) is 36.1. The van der Waals surface area contributed by atoms with Gasteiger partial charge in [0.1, 0.15) is 16.3 Å². The number of carbonyl (C=O) groups excluding carboxylic acids is 1. The second-order valence-corrected chi connectivity index (χ2v) is 9.26. The lowest BCUT2D eigenvalue weighted by Crippen LogP contribution is -2.46. The summed E-state index contributed by atoms with van der Waals surface area (Å²) in [7, 11) is 0. The number of aromatic nitrogens is 4. The molecule has 4 heterocycles. The van der Waals surface area contributed by atoms with Crippen LogP contribution in [-0.2, 0) is 0 Å². The van der Waals surface area contributed by atoms with Crippen molar-refractivity contribution < 1.29 is 14.7 Å². The van der Waals surface area contributed by atoms with Crippen molar-refractivity contribution in [1.82, 2.24) is 29.8 Å². The van der Waals surface area contributed by atoms with Crippen molar-refractivity contribution in [2.75, 3.05) is 18.4 Å². The highest BCUT2D eigenvalue weighted by atomic mass is 35.5. The lowest BCUT2D eigenvalue weighted by Gasteiger charge is -2.31. The lowest BCUT2D eigenvalue weighted by molar-refractivity contribution is 0.0700. The Hall–Kier alpha value is -2.92. The first-order valence-corrected chi connectivity index (χ1v) is 11.6. The number of nitrogens with one attached hydrogen (secondary N) is 2. The molecule has 3 aromatic heterocycles. The summed E-state index contributed by atoms with van der Waals surface area (Å²) in [5.74, 6) is 1.25. The quantitative estimate of drug-likeness (QED) is 0.479. The van der Waals surface area contributed by atoms with Crippen LogP contribution in [-0.4, -0.2) is 66.8 Å². The predicted molar refractivity (Wildman–Crippen MR) is 129 cm³/mol. The van der Waals surface area contributed by atoms with Gasteiger partial charge >= 0.3 is 6.09 Å². The maximum Gasteiger partial charge on any atom is 0.404 e. The highest BCUT2D eigenvalue weighted by Crippen LogP contribution is 2.27. The maximum atomic E-state index is 13.3. The van der Waals surface area contributed by atoms with Crippen LogP contribution in [0.5, 0.6) is 0 Å². The number of halogens is 1. The number of thiazole rings is 1. The summed E-state index contributed by atoms with van der Waals surface area (Å²) in [6, 6.07) is 1.72. The minimum Gasteiger partial charge on any atom is -0.465 e. The van der Waals surface area contributed by atoms with Gasteiger partial charge in [-0.05, 0) is 25.7 Å². The summed E-state index contributed by atoms with van der Waals surface area (Å²) in [5.41, 5.74) is 1.09. The molecule has 3 aromatic rings. The van der Waals surface area contributed by atoms with Crippen molar-refractivity contribution in [2.24, 2.45) is 5.92 Å². The van der Waals surface area contributed by atoms with Crippen LogP contribution < -0.4 is 10.6 Å². The number of anilines is 1. The van der Waals surface area contributed by atoms with Crippen LogP contribution in [0.2, 0.25) is 0 Å². The summed E-state index contributed by atoms with van der Waals surface area (Å²) in [6.07, 6.45) is 3.70. The Balaban J connectivity index is 0.00000306. The first-order valence-electron chi connectivity index (χ1n) is 10.7. The molecule has 0 aliphatic carbocycles. The molecule has 0 bridgehead atoms. The first-order chi connectivity index (χ1) is 15.3. The van der Waals surface area contributed by atoms with Gasteiger partial charge in [0.05, 0.1) is 11.8 Å². The van der Waals surface area contributed by atoms with Gasteiger partial charge in [0.15, 0.2) is 5.82 Å². The van der Waals surface area contributed by atoms with E-state index in [1.807, 2.05) is 11.6 Å². The molecule has 10 nitrogen and oxygen atoms in total. The first kappa shape index (κ1) is 24.7. The number of hydrogen-bond donors (Lipinski definition) is 3. The molecule has 33 heavy (non-hydrogen) atoms. The number of likely N-dealkylation sites (tertiary alicyclic amines) is 1. The van der Waals surface area contributed by atoms with E-state index in [0.717, 1.165) is 10.4 Å². The van der Waals surface area contributed by atoms with Gasteiger partial charge in [-0.1, -0.05) is 13.8 Å². The van der Waals surface area contributed by atoms with E-state index in [1.165, 1.54) is 11.3 Å². The smallest absolute Gasteiger partial charge is 0.404 e. The molecule has 12 heteroatoms. The molecule has 1 fully saturated rings. The third-order valence-electron chi connectivity index (χ3n) is 5.80. The zero-order valence-corrected chi connectivity index (χ0v) is 20.3. The Bertz CT molecular complexity index is 1120. The number of rotatable bonds is 6. The molecular weight excluding hydrogens is 466 g/mol. The lowest BCUT2D eigenvalue weighted by atomic mass is 10.0. The fourth-order valence-corrected chi connectivity index (χ4v) is 4.39. The molecule has 0 radical (unpaired) electrons. The van der Waals surface area contributed by atoms with Crippen molar-refractivity contribution in [3.05, 3.63) is 29.5 Å². The van der Waals surface area contributed by atoms with Gasteiger partial charge in [0, 0.05) is 42.8 Å². The zero-order chi connectivity index (χ0) is 22.8. The van der Waals surface area contributed by atoms with Crippen LogP contribution in [0.3, 0.4) is 0 Å². The van der Waals surface area contributed by atoms with E-state index in [1.54, 1.807) is 21.7 Å². The highest BCUT2D eigenvalue weighted by molar-refractivity contribution is 7.16. The van der Waals surface area contributed by atoms with Crippen LogP contribution in [0.4, 0.5) is 10.6 Å². The molecule has 3 N–H and O–H groups in total. The summed E-state index contributed by atoms with van der Waals surface area (Å²) < 4.78 is 1.77. The molecule has 1 atom stereocenters. The van der Waals surface area contributed by atoms with Crippen molar-refractivity contribution in [3.63, 3.8) is 0 Å². The Morgan fingerprint density at radius 1 is 1.21 bits per heavy atom. The molecule has 0 spiro atoms. The van der Waals surface area contributed by atoms with E-state index in [4.69, 9.17) is 5.11 Å². The standard InChI is InChI=1S/C21H27N7O3S.ClH/c1-12(2)13(3)23-17-10-16(19(29)27-6-4-14(5-7-27)24-21(30)31)25-18(26-17)15-11-22-28-8-9-32-20(15)28;/h8-14,24H,4-7H2,1-3H3,(H,30,31)(H,23,25,26);1H/t13-;/m0./s1. The topological polar surface area (TPSA) is 125 Å². The number of amides is 2. The van der Waals surface area contributed by atoms with Crippen LogP contribution in [0.15, 0.2) is 23.8 Å². The number of carboxylic acid groups (broad SMARTS) is 1. The van der Waals surface area contributed by atoms with Crippen LogP contribution >= 0.6 is 23.7 Å². The number of fused-ring (bicyclic) bond motifs is 1. The molecular formula is C21H28ClN7O3S. The molecule has 2 amide bonds. The van der Waals surface area contributed by atoms with Gasteiger partial charge in [-0.3, -0.25) is 4.79 Å². The van der Waals surface area contributed by atoms with Gasteiger partial charge < -0.3 is 20.6 Å². The summed E-state index contributed by atoms with van der Waals surface area (Å²) in [5, 5.41) is 21.1. The number of piperidine rings is 1. The van der Waals surface area contributed by atoms with Gasteiger partial charge in [-0.25, -0.2) is 19.3 Å². The SMILES string of the molecule is CC(C)[C@H](C)Nc1cc(C(=O)N2CCC(NC(=O)O)CC2)nc(-c2cnn3ccsc23)n1.Cl. The third-order valence-corrected chi connectivity index (χ3v) is 6.69. The van der Waals surface area contributed by atoms with Crippen molar-refractivity contribution in [3.8, 4) is 11.4 Å². The Kier molecular flexibility index (Phi) is 7.75. The molecule has 1 aliphatic rings. The summed E-state index contributed by atoms with van der Waals surface area (Å²) in [6.45, 7) is 7.25. The Morgan fingerprint density at radius 3 is 2.61 bits per heavy atom. The van der Waals surface area contributed by atoms with Crippen LogP contribution in [0, 0.1) is 5.92 Å². The van der Waals surface area contributed by atoms with E-state index < -0.39 is 6.09 Å². The fourth-order valence-electron chi connectivity index (χ4n) is 3.60. The second-order valence-electron chi connectivity index (χ2n) is 8.37. The van der Waals surface area contributed by atoms with Crippen molar-refractivity contribution in [1.29, 1.82) is 0 Å². The van der Waals surface area contributed by atoms with Crippen molar-refractivity contribution >= 4 is 46.4 Å². The molecule has 4 rings (SSSR count). The average Bonchev–Trinajstić information content (AvgIpc) is 3.37. The number of hydrogen-bond acceptors (Lipinski definition) is 7.